The Morgan fingerprint density at radius 3 is 2.43 bits per heavy atom. The smallest absolute Gasteiger partial charge is 0.253 e. The number of alkyl halides is 2. The Labute approximate surface area is 269 Å². The first-order chi connectivity index (χ1) is 22.7. The molecule has 6 aromatic rings. The first-order valence-electron chi connectivity index (χ1n) is 15.5. The molecule has 0 spiro atoms. The van der Waals surface area contributed by atoms with Gasteiger partial charge in [0.25, 0.3) is 11.8 Å². The molecule has 0 unspecified atom stereocenters. The summed E-state index contributed by atoms with van der Waals surface area (Å²) in [6.07, 6.45) is 1.86. The molecule has 2 amide bonds. The van der Waals surface area contributed by atoms with E-state index in [0.717, 1.165) is 38.6 Å². The van der Waals surface area contributed by atoms with E-state index < -0.39 is 5.92 Å². The maximum absolute atomic E-state index is 13.6. The van der Waals surface area contributed by atoms with E-state index in [2.05, 4.69) is 10.3 Å². The molecule has 47 heavy (non-hydrogen) atoms. The van der Waals surface area contributed by atoms with Crippen molar-refractivity contribution in [2.24, 2.45) is 0 Å². The highest BCUT2D eigenvalue weighted by atomic mass is 19.3. The van der Waals surface area contributed by atoms with Crippen LogP contribution < -0.4 is 11.1 Å². The van der Waals surface area contributed by atoms with Gasteiger partial charge in [-0.3, -0.25) is 9.59 Å². The summed E-state index contributed by atoms with van der Waals surface area (Å²) >= 11 is 0. The zero-order valence-electron chi connectivity index (χ0n) is 25.5. The Morgan fingerprint density at radius 2 is 1.68 bits per heavy atom. The number of hydrogen-bond acceptors (Lipinski definition) is 6. The average molecular weight is 635 g/mol. The number of hydrogen-bond donors (Lipinski definition) is 2. The molecule has 0 saturated carbocycles. The van der Waals surface area contributed by atoms with Gasteiger partial charge >= 0.3 is 0 Å². The van der Waals surface area contributed by atoms with Crippen molar-refractivity contribution in [2.75, 3.05) is 18.8 Å². The molecule has 10 heteroatoms. The second kappa shape index (κ2) is 12.4. The minimum atomic E-state index is -2.72. The van der Waals surface area contributed by atoms with Crippen molar-refractivity contribution in [3.05, 3.63) is 108 Å². The summed E-state index contributed by atoms with van der Waals surface area (Å²) in [5.41, 5.74) is 10.9. The summed E-state index contributed by atoms with van der Waals surface area (Å²) in [5, 5.41) is 4.72. The molecular weight excluding hydrogens is 602 g/mol. The maximum Gasteiger partial charge on any atom is 0.253 e. The Kier molecular flexibility index (Phi) is 7.93. The number of furan rings is 2. The van der Waals surface area contributed by atoms with Gasteiger partial charge in [-0.15, -0.1) is 0 Å². The minimum Gasteiger partial charge on any atom is -0.458 e. The van der Waals surface area contributed by atoms with Gasteiger partial charge in [-0.2, -0.15) is 0 Å². The van der Waals surface area contributed by atoms with Gasteiger partial charge in [0.05, 0.1) is 12.1 Å². The number of benzene rings is 3. The molecule has 4 heterocycles. The monoisotopic (exact) mass is 634 g/mol. The summed E-state index contributed by atoms with van der Waals surface area (Å²) in [5.74, 6) is -1.43. The molecular formula is C37H32F2N4O4. The summed E-state index contributed by atoms with van der Waals surface area (Å²) in [7, 11) is 0. The number of nitrogens with zero attached hydrogens (tertiary/aromatic N) is 2. The lowest BCUT2D eigenvalue weighted by molar-refractivity contribution is -0.121. The predicted octanol–water partition coefficient (Wildman–Crippen LogP) is 7.61. The molecule has 238 valence electrons. The van der Waals surface area contributed by atoms with Gasteiger partial charge in [-0.1, -0.05) is 36.4 Å². The Bertz CT molecular complexity index is 2040. The minimum absolute atomic E-state index is 0.0362. The van der Waals surface area contributed by atoms with Gasteiger partial charge in [0.1, 0.15) is 28.5 Å². The lowest BCUT2D eigenvalue weighted by Gasteiger charge is -2.31. The van der Waals surface area contributed by atoms with Crippen LogP contribution in [-0.2, 0) is 17.8 Å². The van der Waals surface area contributed by atoms with Gasteiger partial charge in [-0.25, -0.2) is 13.8 Å². The number of nitrogens with one attached hydrogen (secondary N) is 1. The van der Waals surface area contributed by atoms with Crippen LogP contribution in [0.1, 0.15) is 40.9 Å². The molecule has 0 atom stereocenters. The third kappa shape index (κ3) is 6.58. The van der Waals surface area contributed by atoms with Crippen molar-refractivity contribution < 1.29 is 27.2 Å². The third-order valence-electron chi connectivity index (χ3n) is 8.55. The largest absolute Gasteiger partial charge is 0.458 e. The Morgan fingerprint density at radius 1 is 0.894 bits per heavy atom. The number of rotatable bonds is 8. The Balaban J connectivity index is 1.14. The van der Waals surface area contributed by atoms with Crippen LogP contribution in [0, 0.1) is 0 Å². The van der Waals surface area contributed by atoms with Crippen LogP contribution in [-0.4, -0.2) is 40.7 Å². The van der Waals surface area contributed by atoms with Crippen molar-refractivity contribution in [3.63, 3.8) is 0 Å². The van der Waals surface area contributed by atoms with E-state index in [0.29, 0.717) is 41.3 Å². The molecule has 3 aromatic carbocycles. The average Bonchev–Trinajstić information content (AvgIpc) is 3.71. The summed E-state index contributed by atoms with van der Waals surface area (Å²) in [4.78, 5) is 31.2. The number of pyridine rings is 1. The van der Waals surface area contributed by atoms with Crippen molar-refractivity contribution in [3.8, 4) is 22.5 Å². The topological polar surface area (TPSA) is 115 Å². The number of likely N-dealkylation sites (tertiary alicyclic amines) is 1. The molecule has 1 saturated heterocycles. The predicted molar refractivity (Wildman–Crippen MR) is 176 cm³/mol. The van der Waals surface area contributed by atoms with Crippen LogP contribution in [0.2, 0.25) is 0 Å². The first-order valence-corrected chi connectivity index (χ1v) is 15.5. The third-order valence-corrected chi connectivity index (χ3v) is 8.55. The van der Waals surface area contributed by atoms with E-state index in [-0.39, 0.29) is 44.3 Å². The van der Waals surface area contributed by atoms with Crippen LogP contribution in [0.3, 0.4) is 0 Å². The fourth-order valence-corrected chi connectivity index (χ4v) is 5.90. The number of anilines is 1. The van der Waals surface area contributed by atoms with Crippen molar-refractivity contribution in [1.29, 1.82) is 0 Å². The number of carbonyl (C=O) groups is 2. The zero-order valence-corrected chi connectivity index (χ0v) is 25.5. The fraction of sp³-hybridized carbons (Fsp3) is 0.216. The zero-order chi connectivity index (χ0) is 32.5. The number of piperidine rings is 1. The normalized spacial score (nSPS) is 14.5. The Hall–Kier alpha value is -5.51. The highest BCUT2D eigenvalue weighted by molar-refractivity contribution is 5.99. The lowest BCUT2D eigenvalue weighted by atomic mass is 9.98. The second-order valence-electron chi connectivity index (χ2n) is 11.9. The van der Waals surface area contributed by atoms with Gasteiger partial charge < -0.3 is 24.8 Å². The number of amides is 2. The number of nitrogens with two attached hydrogens (primary N) is 1. The van der Waals surface area contributed by atoms with Crippen molar-refractivity contribution >= 4 is 39.6 Å². The SMILES string of the molecule is Nc1ccc(CCC(=O)NCc2cc3cc(-c4ccc(C(=O)N5CCC(F)(F)CC5)cc4)cc(-c4cc5ccccc5o4)c3o2)cn1. The molecule has 3 aromatic heterocycles. The number of fused-ring (bicyclic) bond motifs is 2. The number of carbonyl (C=O) groups excluding carboxylic acids is 2. The van der Waals surface area contributed by atoms with Gasteiger partial charge in [0.15, 0.2) is 0 Å². The molecule has 3 N–H and O–H groups in total. The fourth-order valence-electron chi connectivity index (χ4n) is 5.90. The summed E-state index contributed by atoms with van der Waals surface area (Å²) in [6, 6.07) is 26.3. The highest BCUT2D eigenvalue weighted by Gasteiger charge is 2.35. The van der Waals surface area contributed by atoms with Crippen LogP contribution in [0.4, 0.5) is 14.6 Å². The molecule has 1 aliphatic heterocycles. The summed E-state index contributed by atoms with van der Waals surface area (Å²) in [6.45, 7) is 0.282. The van der Waals surface area contributed by atoms with Gasteiger partial charge in [0.2, 0.25) is 5.91 Å². The van der Waals surface area contributed by atoms with E-state index in [1.807, 2.05) is 66.7 Å². The summed E-state index contributed by atoms with van der Waals surface area (Å²) < 4.78 is 39.8. The molecule has 8 nitrogen and oxygen atoms in total. The van der Waals surface area contributed by atoms with E-state index in [1.165, 1.54) is 4.90 Å². The molecule has 1 aliphatic rings. The van der Waals surface area contributed by atoms with Crippen LogP contribution in [0.15, 0.2) is 100.0 Å². The highest BCUT2D eigenvalue weighted by Crippen LogP contribution is 2.38. The van der Waals surface area contributed by atoms with Gasteiger partial charge in [0, 0.05) is 54.9 Å². The number of para-hydroxylation sites is 1. The van der Waals surface area contributed by atoms with Crippen molar-refractivity contribution in [2.45, 2.75) is 38.2 Å². The number of nitrogen functional groups attached to an aromatic ring is 1. The quantitative estimate of drug-likeness (QED) is 0.178. The molecule has 0 radical (unpaired) electrons. The number of aryl methyl sites for hydroxylation is 1. The van der Waals surface area contributed by atoms with E-state index >= 15 is 0 Å². The van der Waals surface area contributed by atoms with Crippen LogP contribution >= 0.6 is 0 Å². The van der Waals surface area contributed by atoms with E-state index in [1.54, 1.807) is 24.4 Å². The lowest BCUT2D eigenvalue weighted by Crippen LogP contribution is -2.42. The standard InChI is InChI=1S/C37H32F2N4O4/c38-37(39)13-15-43(16-14-37)36(45)25-9-7-24(8-10-25)27-17-28-18-29(22-42-34(44)12-6-23-5-11-33(40)41-21-23)46-35(28)30(19-27)32-20-26-3-1-2-4-31(26)47-32/h1-5,7-11,17-21H,6,12-16,22H2,(H2,40,41)(H,42,44). The van der Waals surface area contributed by atoms with Crippen molar-refractivity contribution in [1.82, 2.24) is 15.2 Å². The van der Waals surface area contributed by atoms with Gasteiger partial charge in [-0.05, 0) is 71.6 Å². The maximum atomic E-state index is 13.6. The molecule has 7 rings (SSSR count). The number of aromatic nitrogens is 1. The van der Waals surface area contributed by atoms with E-state index in [4.69, 9.17) is 14.6 Å². The van der Waals surface area contributed by atoms with Crippen LogP contribution in [0.25, 0.3) is 44.4 Å². The molecule has 1 fully saturated rings. The molecule has 0 bridgehead atoms. The second-order valence-corrected chi connectivity index (χ2v) is 11.9. The number of halogens is 2. The first kappa shape index (κ1) is 30.2. The van der Waals surface area contributed by atoms with E-state index in [9.17, 15) is 18.4 Å². The van der Waals surface area contributed by atoms with Crippen LogP contribution in [0.5, 0.6) is 0 Å². The molecule has 0 aliphatic carbocycles.